The number of hydrogen-bond donors (Lipinski definition) is 0. The molecule has 0 aliphatic heterocycles. The molecular weight excluding hydrogens is 393 g/mol. The van der Waals surface area contributed by atoms with Crippen LogP contribution in [0.1, 0.15) is 25.0 Å². The first-order valence-corrected chi connectivity index (χ1v) is 12.1. The van der Waals surface area contributed by atoms with Gasteiger partial charge in [-0.25, -0.2) is 0 Å². The SMILES string of the molecule is CCOC(=S)SSCc1ccc(CSSC(=S)OCC)cc1. The van der Waals surface area contributed by atoms with Crippen LogP contribution < -0.4 is 0 Å². The van der Waals surface area contributed by atoms with E-state index in [0.29, 0.717) is 22.0 Å². The van der Waals surface area contributed by atoms with E-state index in [0.717, 1.165) is 11.5 Å². The minimum absolute atomic E-state index is 0.600. The molecule has 0 saturated heterocycles. The second kappa shape index (κ2) is 12.8. The summed E-state index contributed by atoms with van der Waals surface area (Å²) in [5.41, 5.74) is 2.56. The van der Waals surface area contributed by atoms with Gasteiger partial charge in [-0.3, -0.25) is 0 Å². The Kier molecular flexibility index (Phi) is 11.9. The van der Waals surface area contributed by atoms with Crippen LogP contribution in [0, 0.1) is 0 Å². The van der Waals surface area contributed by atoms with E-state index in [-0.39, 0.29) is 0 Å². The zero-order valence-electron chi connectivity index (χ0n) is 12.4. The Hall–Kier alpha value is 0.400. The van der Waals surface area contributed by atoms with Crippen molar-refractivity contribution in [3.63, 3.8) is 0 Å². The molecule has 1 rings (SSSR count). The van der Waals surface area contributed by atoms with E-state index in [2.05, 4.69) is 24.3 Å². The summed E-state index contributed by atoms with van der Waals surface area (Å²) in [5, 5.41) is 0. The molecule has 0 bridgehead atoms. The van der Waals surface area contributed by atoms with Gasteiger partial charge in [0.2, 0.25) is 8.77 Å². The molecule has 8 heteroatoms. The fourth-order valence-corrected chi connectivity index (χ4v) is 5.74. The Balaban J connectivity index is 2.25. The van der Waals surface area contributed by atoms with Crippen LogP contribution in [-0.2, 0) is 21.0 Å². The molecule has 0 heterocycles. The second-order valence-electron chi connectivity index (χ2n) is 3.87. The van der Waals surface area contributed by atoms with Crippen molar-refractivity contribution < 1.29 is 9.47 Å². The minimum Gasteiger partial charge on any atom is -0.478 e. The predicted molar refractivity (Wildman–Crippen MR) is 113 cm³/mol. The third kappa shape index (κ3) is 9.52. The highest BCUT2D eigenvalue weighted by Gasteiger charge is 2.02. The average molecular weight is 411 g/mol. The van der Waals surface area contributed by atoms with Crippen LogP contribution in [0.15, 0.2) is 24.3 Å². The number of hydrogen-bond acceptors (Lipinski definition) is 8. The summed E-state index contributed by atoms with van der Waals surface area (Å²) in [5.74, 6) is 1.82. The van der Waals surface area contributed by atoms with Gasteiger partial charge in [0.25, 0.3) is 0 Å². The molecule has 0 aliphatic rings. The van der Waals surface area contributed by atoms with Crippen LogP contribution in [-0.4, -0.2) is 22.0 Å². The maximum Gasteiger partial charge on any atom is 0.230 e. The van der Waals surface area contributed by atoms with Crippen LogP contribution in [0.2, 0.25) is 0 Å². The van der Waals surface area contributed by atoms with Crippen molar-refractivity contribution in [2.75, 3.05) is 13.2 Å². The van der Waals surface area contributed by atoms with Gasteiger partial charge in [-0.15, -0.1) is 0 Å². The Labute approximate surface area is 159 Å². The third-order valence-electron chi connectivity index (χ3n) is 2.25. The van der Waals surface area contributed by atoms with Crippen LogP contribution >= 0.6 is 67.6 Å². The zero-order chi connectivity index (χ0) is 16.2. The monoisotopic (exact) mass is 410 g/mol. The number of benzene rings is 1. The molecule has 0 fully saturated rings. The molecule has 122 valence electrons. The van der Waals surface area contributed by atoms with Gasteiger partial charge < -0.3 is 9.47 Å². The van der Waals surface area contributed by atoms with Crippen molar-refractivity contribution in [2.45, 2.75) is 25.4 Å². The molecule has 0 amide bonds. The van der Waals surface area contributed by atoms with Gasteiger partial charge in [-0.1, -0.05) is 45.9 Å². The van der Waals surface area contributed by atoms with E-state index in [4.69, 9.17) is 33.9 Å². The second-order valence-corrected chi connectivity index (χ2v) is 9.67. The number of thiocarbonyl (C=S) groups is 2. The van der Waals surface area contributed by atoms with Gasteiger partial charge in [-0.2, -0.15) is 0 Å². The van der Waals surface area contributed by atoms with Crippen molar-refractivity contribution in [3.8, 4) is 0 Å². The number of rotatable bonds is 8. The quantitative estimate of drug-likeness (QED) is 0.373. The van der Waals surface area contributed by atoms with Crippen molar-refractivity contribution in [2.24, 2.45) is 0 Å². The van der Waals surface area contributed by atoms with Gasteiger partial charge in [0.15, 0.2) is 0 Å². The largest absolute Gasteiger partial charge is 0.478 e. The van der Waals surface area contributed by atoms with E-state index in [1.807, 2.05) is 13.8 Å². The molecule has 0 aliphatic carbocycles. The van der Waals surface area contributed by atoms with Gasteiger partial charge in [0.1, 0.15) is 0 Å². The molecular formula is C14H18O2S6. The summed E-state index contributed by atoms with van der Waals surface area (Å²) in [7, 11) is 6.41. The molecule has 22 heavy (non-hydrogen) atoms. The van der Waals surface area contributed by atoms with Crippen molar-refractivity contribution in [1.82, 2.24) is 0 Å². The van der Waals surface area contributed by atoms with Gasteiger partial charge >= 0.3 is 0 Å². The molecule has 0 radical (unpaired) electrons. The Morgan fingerprint density at radius 2 is 1.18 bits per heavy atom. The first-order valence-electron chi connectivity index (χ1n) is 6.66. The fourth-order valence-electron chi connectivity index (χ4n) is 1.31. The van der Waals surface area contributed by atoms with Crippen LogP contribution in [0.5, 0.6) is 0 Å². The lowest BCUT2D eigenvalue weighted by Crippen LogP contribution is -1.93. The predicted octanol–water partition coefficient (Wildman–Crippen LogP) is 6.09. The summed E-state index contributed by atoms with van der Waals surface area (Å²) >= 11 is 10.1. The molecule has 0 atom stereocenters. The maximum absolute atomic E-state index is 5.23. The lowest BCUT2D eigenvalue weighted by molar-refractivity contribution is 0.346. The first-order chi connectivity index (χ1) is 10.7. The standard InChI is InChI=1S/C14H18O2S6/c1-3-15-13(17)21-19-9-11-5-7-12(8-6-11)10-20-22-14(18)16-4-2/h5-8H,3-4,9-10H2,1-2H3. The van der Waals surface area contributed by atoms with Crippen LogP contribution in [0.4, 0.5) is 0 Å². The maximum atomic E-state index is 5.23. The van der Waals surface area contributed by atoms with E-state index in [1.54, 1.807) is 21.6 Å². The summed E-state index contributed by atoms with van der Waals surface area (Å²) in [4.78, 5) is 0. The third-order valence-corrected chi connectivity index (χ3v) is 7.59. The first kappa shape index (κ1) is 20.4. The lowest BCUT2D eigenvalue weighted by Gasteiger charge is -2.06. The highest BCUT2D eigenvalue weighted by Crippen LogP contribution is 2.30. The van der Waals surface area contributed by atoms with Gasteiger partial charge in [0, 0.05) is 11.5 Å². The lowest BCUT2D eigenvalue weighted by atomic mass is 10.2. The van der Waals surface area contributed by atoms with Crippen molar-refractivity contribution in [1.29, 1.82) is 0 Å². The Bertz CT molecular complexity index is 420. The zero-order valence-corrected chi connectivity index (χ0v) is 17.3. The summed E-state index contributed by atoms with van der Waals surface area (Å²) < 4.78 is 11.7. The minimum atomic E-state index is 0.600. The topological polar surface area (TPSA) is 18.5 Å². The number of ether oxygens (including phenoxy) is 2. The molecule has 2 nitrogen and oxygen atoms in total. The molecule has 1 aromatic rings. The van der Waals surface area contributed by atoms with Gasteiger partial charge in [0.05, 0.1) is 13.2 Å². The summed E-state index contributed by atoms with van der Waals surface area (Å²) in [6.07, 6.45) is 0. The van der Waals surface area contributed by atoms with Crippen LogP contribution in [0.25, 0.3) is 0 Å². The highest BCUT2D eigenvalue weighted by molar-refractivity contribution is 8.83. The molecule has 1 aromatic carbocycles. The average Bonchev–Trinajstić information content (AvgIpc) is 2.49. The molecule has 0 N–H and O–H groups in total. The fraction of sp³-hybridized carbons (Fsp3) is 0.429. The molecule has 0 unspecified atom stereocenters. The van der Waals surface area contributed by atoms with E-state index < -0.39 is 0 Å². The summed E-state index contributed by atoms with van der Waals surface area (Å²) in [6.45, 7) is 5.13. The molecule has 0 saturated carbocycles. The van der Waals surface area contributed by atoms with Crippen LogP contribution in [0.3, 0.4) is 0 Å². The van der Waals surface area contributed by atoms with Gasteiger partial charge in [-0.05, 0) is 71.0 Å². The van der Waals surface area contributed by atoms with Crippen molar-refractivity contribution in [3.05, 3.63) is 35.4 Å². The smallest absolute Gasteiger partial charge is 0.230 e. The highest BCUT2D eigenvalue weighted by atomic mass is 33.1. The molecule has 0 aromatic heterocycles. The van der Waals surface area contributed by atoms with E-state index in [1.165, 1.54) is 32.7 Å². The van der Waals surface area contributed by atoms with E-state index >= 15 is 0 Å². The Morgan fingerprint density at radius 3 is 1.50 bits per heavy atom. The summed E-state index contributed by atoms with van der Waals surface area (Å²) in [6, 6.07) is 8.61. The molecule has 0 spiro atoms. The van der Waals surface area contributed by atoms with Crippen molar-refractivity contribution >= 4 is 76.4 Å². The normalized spacial score (nSPS) is 10.3. The van der Waals surface area contributed by atoms with E-state index in [9.17, 15) is 0 Å². The Morgan fingerprint density at radius 1 is 0.818 bits per heavy atom.